The van der Waals surface area contributed by atoms with Gasteiger partial charge in [-0.05, 0) is 56.5 Å². The zero-order chi connectivity index (χ0) is 19.1. The molecule has 136 valence electrons. The minimum absolute atomic E-state index is 0.368. The molecule has 3 rings (SSSR count). The Kier molecular flexibility index (Phi) is 4.53. The predicted octanol–water partition coefficient (Wildman–Crippen LogP) is 4.84. The fraction of sp³-hybridized carbons (Fsp3) is 0.318. The van der Waals surface area contributed by atoms with Crippen molar-refractivity contribution in [2.75, 3.05) is 5.73 Å². The van der Waals surface area contributed by atoms with E-state index in [4.69, 9.17) is 10.5 Å². The Bertz CT molecular complexity index is 972. The van der Waals surface area contributed by atoms with Crippen molar-refractivity contribution in [3.8, 4) is 0 Å². The first kappa shape index (κ1) is 18.1. The number of hydrogen-bond donors (Lipinski definition) is 1. The number of hydrogen-bond acceptors (Lipinski definition) is 3. The first-order valence-corrected chi connectivity index (χ1v) is 8.84. The van der Waals surface area contributed by atoms with Crippen molar-refractivity contribution in [3.05, 3.63) is 64.8 Å². The molecule has 4 nitrogen and oxygen atoms in total. The van der Waals surface area contributed by atoms with Gasteiger partial charge in [-0.2, -0.15) is 0 Å². The number of nitrogen functional groups attached to an aromatic ring is 1. The van der Waals surface area contributed by atoms with Crippen molar-refractivity contribution in [3.63, 3.8) is 0 Å². The molecule has 0 amide bonds. The molecule has 1 heterocycles. The summed E-state index contributed by atoms with van der Waals surface area (Å²) < 4.78 is 7.54. The van der Waals surface area contributed by atoms with E-state index >= 15 is 0 Å². The average Bonchev–Trinajstić information content (AvgIpc) is 2.77. The normalized spacial score (nSPS) is 11.7. The van der Waals surface area contributed by atoms with E-state index in [1.807, 2.05) is 57.4 Å². The number of aromatic nitrogens is 1. The van der Waals surface area contributed by atoms with Gasteiger partial charge in [-0.15, -0.1) is 0 Å². The van der Waals surface area contributed by atoms with E-state index in [-0.39, 0.29) is 5.97 Å². The fourth-order valence-corrected chi connectivity index (χ4v) is 3.28. The Morgan fingerprint density at radius 3 is 2.42 bits per heavy atom. The van der Waals surface area contributed by atoms with Crippen molar-refractivity contribution in [2.24, 2.45) is 0 Å². The molecule has 0 atom stereocenters. The number of rotatable bonds is 3. The van der Waals surface area contributed by atoms with Gasteiger partial charge in [0.2, 0.25) is 0 Å². The average molecular weight is 350 g/mol. The van der Waals surface area contributed by atoms with Crippen LogP contribution < -0.4 is 5.73 Å². The summed E-state index contributed by atoms with van der Waals surface area (Å²) in [5.41, 5.74) is 9.32. The van der Waals surface area contributed by atoms with Crippen LogP contribution in [-0.2, 0) is 11.3 Å². The van der Waals surface area contributed by atoms with Crippen molar-refractivity contribution in [1.29, 1.82) is 0 Å². The third-order valence-corrected chi connectivity index (χ3v) is 4.68. The topological polar surface area (TPSA) is 57.2 Å². The van der Waals surface area contributed by atoms with Crippen LogP contribution in [0.3, 0.4) is 0 Å². The largest absolute Gasteiger partial charge is 0.456 e. The number of nitrogens with two attached hydrogens (primary N) is 1. The molecule has 0 fully saturated rings. The summed E-state index contributed by atoms with van der Waals surface area (Å²) in [5.74, 6) is 0.0921. The van der Waals surface area contributed by atoms with Crippen LogP contribution in [0, 0.1) is 13.8 Å². The third kappa shape index (κ3) is 3.32. The van der Waals surface area contributed by atoms with Gasteiger partial charge in [0.25, 0.3) is 0 Å². The highest BCUT2D eigenvalue weighted by Crippen LogP contribution is 2.29. The van der Waals surface area contributed by atoms with Crippen molar-refractivity contribution in [2.45, 2.75) is 46.8 Å². The number of benzene rings is 2. The molecule has 0 aliphatic carbocycles. The third-order valence-electron chi connectivity index (χ3n) is 4.68. The summed E-state index contributed by atoms with van der Waals surface area (Å²) in [6.07, 6.45) is 0. The van der Waals surface area contributed by atoms with Gasteiger partial charge < -0.3 is 15.0 Å². The summed E-state index contributed by atoms with van der Waals surface area (Å²) >= 11 is 0. The second kappa shape index (κ2) is 6.52. The number of carbonyl (C=O) groups excluding carboxylic acids is 1. The van der Waals surface area contributed by atoms with Gasteiger partial charge in [0.05, 0.1) is 0 Å². The molecule has 4 heteroatoms. The molecule has 2 aromatic carbocycles. The zero-order valence-electron chi connectivity index (χ0n) is 16.1. The van der Waals surface area contributed by atoms with Gasteiger partial charge in [0.1, 0.15) is 17.0 Å². The maximum atomic E-state index is 12.6. The molecule has 0 aliphatic heterocycles. The molecule has 0 bridgehead atoms. The van der Waals surface area contributed by atoms with E-state index in [9.17, 15) is 4.79 Å². The molecule has 26 heavy (non-hydrogen) atoms. The highest BCUT2D eigenvalue weighted by Gasteiger charge is 2.26. The number of ether oxygens (including phenoxy) is 1. The first-order valence-electron chi connectivity index (χ1n) is 8.84. The lowest BCUT2D eigenvalue weighted by atomic mass is 10.0. The Balaban J connectivity index is 2.04. The van der Waals surface area contributed by atoms with Crippen LogP contribution in [0.4, 0.5) is 5.82 Å². The maximum Gasteiger partial charge on any atom is 0.342 e. The van der Waals surface area contributed by atoms with Crippen LogP contribution in [0.25, 0.3) is 10.8 Å². The van der Waals surface area contributed by atoms with Crippen LogP contribution >= 0.6 is 0 Å². The highest BCUT2D eigenvalue weighted by molar-refractivity contribution is 5.97. The van der Waals surface area contributed by atoms with E-state index < -0.39 is 5.60 Å². The molecule has 0 spiro atoms. The van der Waals surface area contributed by atoms with Crippen molar-refractivity contribution < 1.29 is 9.53 Å². The van der Waals surface area contributed by atoms with E-state index in [2.05, 4.69) is 24.3 Å². The van der Waals surface area contributed by atoms with Gasteiger partial charge in [-0.1, -0.05) is 42.5 Å². The summed E-state index contributed by atoms with van der Waals surface area (Å²) in [5, 5.41) is 2.39. The van der Waals surface area contributed by atoms with Crippen LogP contribution in [0.1, 0.15) is 48.0 Å². The van der Waals surface area contributed by atoms with Gasteiger partial charge >= 0.3 is 5.97 Å². The lowest BCUT2D eigenvalue weighted by Crippen LogP contribution is -2.24. The van der Waals surface area contributed by atoms with Gasteiger partial charge in [-0.3, -0.25) is 0 Å². The van der Waals surface area contributed by atoms with Crippen molar-refractivity contribution in [1.82, 2.24) is 4.57 Å². The molecule has 2 N–H and O–H groups in total. The van der Waals surface area contributed by atoms with Crippen LogP contribution in [0.5, 0.6) is 0 Å². The minimum Gasteiger partial charge on any atom is -0.456 e. The van der Waals surface area contributed by atoms with E-state index in [0.29, 0.717) is 17.9 Å². The first-order chi connectivity index (χ1) is 12.2. The van der Waals surface area contributed by atoms with Crippen LogP contribution in [0.2, 0.25) is 0 Å². The second-order valence-electron chi connectivity index (χ2n) is 7.70. The fourth-order valence-electron chi connectivity index (χ4n) is 3.28. The summed E-state index contributed by atoms with van der Waals surface area (Å²) in [7, 11) is 0. The van der Waals surface area contributed by atoms with E-state index in [1.165, 1.54) is 16.3 Å². The Labute approximate surface area is 154 Å². The van der Waals surface area contributed by atoms with E-state index in [0.717, 1.165) is 11.3 Å². The zero-order valence-corrected chi connectivity index (χ0v) is 16.1. The highest BCUT2D eigenvalue weighted by atomic mass is 16.6. The molecular formula is C22H26N2O2. The molecule has 0 unspecified atom stereocenters. The lowest BCUT2D eigenvalue weighted by molar-refractivity contribution is 0.00701. The molecule has 1 aromatic heterocycles. The molecule has 3 aromatic rings. The number of anilines is 1. The number of fused-ring (bicyclic) bond motifs is 1. The Morgan fingerprint density at radius 1 is 1.08 bits per heavy atom. The van der Waals surface area contributed by atoms with Gasteiger partial charge in [-0.25, -0.2) is 4.79 Å². The number of nitrogens with zero attached hydrogens (tertiary/aromatic N) is 1. The van der Waals surface area contributed by atoms with Crippen LogP contribution in [0.15, 0.2) is 42.5 Å². The van der Waals surface area contributed by atoms with Crippen molar-refractivity contribution >= 4 is 22.6 Å². The van der Waals surface area contributed by atoms with Crippen LogP contribution in [-0.4, -0.2) is 16.1 Å². The minimum atomic E-state index is -0.554. The smallest absolute Gasteiger partial charge is 0.342 e. The summed E-state index contributed by atoms with van der Waals surface area (Å²) in [6.45, 7) is 10.1. The predicted molar refractivity (Wildman–Crippen MR) is 107 cm³/mol. The monoisotopic (exact) mass is 350 g/mol. The summed E-state index contributed by atoms with van der Waals surface area (Å²) in [4.78, 5) is 12.6. The second-order valence-corrected chi connectivity index (χ2v) is 7.70. The molecule has 0 saturated carbocycles. The summed E-state index contributed by atoms with van der Waals surface area (Å²) in [6, 6.07) is 14.5. The number of carbonyl (C=O) groups is 1. The molecule has 0 radical (unpaired) electrons. The molecular weight excluding hydrogens is 324 g/mol. The van der Waals surface area contributed by atoms with E-state index in [1.54, 1.807) is 0 Å². The SMILES string of the molecule is Cc1c(C(=O)OC(C)(C)C)c(N)n(Cc2cccc3ccccc23)c1C. The molecule has 0 aliphatic rings. The molecule has 0 saturated heterocycles. The Hall–Kier alpha value is -2.75. The quantitative estimate of drug-likeness (QED) is 0.687. The number of esters is 1. The lowest BCUT2D eigenvalue weighted by Gasteiger charge is -2.19. The standard InChI is InChI=1S/C22H26N2O2/c1-14-15(2)24(20(23)19(14)21(25)26-22(3,4)5)13-17-11-8-10-16-9-6-7-12-18(16)17/h6-12H,13,23H2,1-5H3. The maximum absolute atomic E-state index is 12.6. The van der Waals surface area contributed by atoms with Gasteiger partial charge in [0.15, 0.2) is 0 Å². The van der Waals surface area contributed by atoms with Gasteiger partial charge in [0, 0.05) is 12.2 Å². The Morgan fingerprint density at radius 2 is 1.73 bits per heavy atom.